The summed E-state index contributed by atoms with van der Waals surface area (Å²) in [7, 11) is 0. The highest BCUT2D eigenvalue weighted by Crippen LogP contribution is 2.24. The maximum Gasteiger partial charge on any atom is 0.225 e. The minimum Gasteiger partial charge on any atom is -0.352 e. The lowest BCUT2D eigenvalue weighted by Gasteiger charge is -2.24. The quantitative estimate of drug-likeness (QED) is 0.919. The molecule has 1 fully saturated rings. The van der Waals surface area contributed by atoms with Crippen molar-refractivity contribution in [2.24, 2.45) is 0 Å². The van der Waals surface area contributed by atoms with Gasteiger partial charge in [0.2, 0.25) is 5.91 Å². The monoisotopic (exact) mass is 314 g/mol. The van der Waals surface area contributed by atoms with E-state index in [1.165, 1.54) is 5.56 Å². The van der Waals surface area contributed by atoms with Gasteiger partial charge in [0.05, 0.1) is 6.42 Å². The zero-order valence-electron chi connectivity index (χ0n) is 12.9. The summed E-state index contributed by atoms with van der Waals surface area (Å²) in [6.07, 6.45) is 1.54. The van der Waals surface area contributed by atoms with E-state index >= 15 is 0 Å². The van der Waals surface area contributed by atoms with E-state index in [0.29, 0.717) is 12.5 Å². The molecule has 0 bridgehead atoms. The van der Waals surface area contributed by atoms with Crippen LogP contribution in [0.15, 0.2) is 47.8 Å². The molecule has 2 aromatic rings. The topological polar surface area (TPSA) is 32.3 Å². The van der Waals surface area contributed by atoms with Gasteiger partial charge in [-0.05, 0) is 30.4 Å². The highest BCUT2D eigenvalue weighted by atomic mass is 32.1. The van der Waals surface area contributed by atoms with Crippen molar-refractivity contribution in [3.8, 4) is 0 Å². The first-order valence-electron chi connectivity index (χ1n) is 7.83. The highest BCUT2D eigenvalue weighted by Gasteiger charge is 2.27. The molecule has 1 aromatic heterocycles. The third-order valence-corrected chi connectivity index (χ3v) is 5.21. The van der Waals surface area contributed by atoms with Crippen molar-refractivity contribution in [1.29, 1.82) is 0 Å². The Hall–Kier alpha value is -1.65. The molecule has 1 N–H and O–H groups in total. The third kappa shape index (κ3) is 3.76. The van der Waals surface area contributed by atoms with Gasteiger partial charge in [-0.1, -0.05) is 36.4 Å². The summed E-state index contributed by atoms with van der Waals surface area (Å²) in [6, 6.07) is 15.3. The first kappa shape index (κ1) is 15.3. The number of hydrogen-bond donors (Lipinski definition) is 1. The van der Waals surface area contributed by atoms with Crippen molar-refractivity contribution in [3.63, 3.8) is 0 Å². The van der Waals surface area contributed by atoms with Crippen LogP contribution in [0.25, 0.3) is 0 Å². The van der Waals surface area contributed by atoms with Crippen molar-refractivity contribution in [1.82, 2.24) is 10.2 Å². The number of benzene rings is 1. The first-order chi connectivity index (χ1) is 10.7. The molecule has 116 valence electrons. The predicted octanol–water partition coefficient (Wildman–Crippen LogP) is 3.24. The van der Waals surface area contributed by atoms with Gasteiger partial charge in [0, 0.05) is 30.1 Å². The Morgan fingerprint density at radius 2 is 2.14 bits per heavy atom. The lowest BCUT2D eigenvalue weighted by atomic mass is 10.1. The van der Waals surface area contributed by atoms with E-state index in [1.807, 2.05) is 23.6 Å². The maximum absolute atomic E-state index is 12.1. The van der Waals surface area contributed by atoms with Crippen molar-refractivity contribution < 1.29 is 4.79 Å². The van der Waals surface area contributed by atoms with Gasteiger partial charge >= 0.3 is 0 Å². The number of thiophene rings is 1. The lowest BCUT2D eigenvalue weighted by Crippen LogP contribution is -2.38. The van der Waals surface area contributed by atoms with E-state index in [1.54, 1.807) is 11.3 Å². The summed E-state index contributed by atoms with van der Waals surface area (Å²) >= 11 is 1.64. The molecule has 22 heavy (non-hydrogen) atoms. The number of nitrogens with one attached hydrogen (secondary N) is 1. The molecule has 1 saturated heterocycles. The molecule has 0 aliphatic carbocycles. The Balaban J connectivity index is 1.51. The molecule has 0 spiro atoms. The number of carbonyl (C=O) groups excluding carboxylic acids is 1. The summed E-state index contributed by atoms with van der Waals surface area (Å²) in [5.41, 5.74) is 1.34. The van der Waals surface area contributed by atoms with Gasteiger partial charge in [-0.2, -0.15) is 0 Å². The Bertz CT molecular complexity index is 597. The minimum atomic E-state index is 0.140. The number of hydrogen-bond acceptors (Lipinski definition) is 3. The van der Waals surface area contributed by atoms with Gasteiger partial charge in [0.25, 0.3) is 0 Å². The fraction of sp³-hybridized carbons (Fsp3) is 0.389. The third-order valence-electron chi connectivity index (χ3n) is 4.33. The number of carbonyl (C=O) groups is 1. The molecular formula is C18H22N2OS. The summed E-state index contributed by atoms with van der Waals surface area (Å²) < 4.78 is 0. The molecule has 4 heteroatoms. The Morgan fingerprint density at radius 1 is 1.32 bits per heavy atom. The van der Waals surface area contributed by atoms with Crippen molar-refractivity contribution in [3.05, 3.63) is 58.3 Å². The molecule has 1 aliphatic rings. The first-order valence-corrected chi connectivity index (χ1v) is 8.71. The second-order valence-electron chi connectivity index (χ2n) is 5.89. The van der Waals surface area contributed by atoms with Crippen LogP contribution in [0.5, 0.6) is 0 Å². The molecule has 3 nitrogen and oxygen atoms in total. The molecule has 1 amide bonds. The Kier molecular flexibility index (Phi) is 4.90. The summed E-state index contributed by atoms with van der Waals surface area (Å²) in [4.78, 5) is 15.7. The van der Waals surface area contributed by atoms with Crippen LogP contribution in [-0.4, -0.2) is 29.9 Å². The number of rotatable bonds is 5. The van der Waals surface area contributed by atoms with Crippen LogP contribution >= 0.6 is 11.3 Å². The van der Waals surface area contributed by atoms with Gasteiger partial charge in [-0.15, -0.1) is 11.3 Å². The molecule has 1 aliphatic heterocycles. The fourth-order valence-corrected chi connectivity index (χ4v) is 3.75. The number of nitrogens with zero attached hydrogens (tertiary/aromatic N) is 1. The highest BCUT2D eigenvalue weighted by molar-refractivity contribution is 7.10. The molecular weight excluding hydrogens is 292 g/mol. The lowest BCUT2D eigenvalue weighted by molar-refractivity contribution is -0.121. The smallest absolute Gasteiger partial charge is 0.225 e. The molecule has 1 aromatic carbocycles. The van der Waals surface area contributed by atoms with Crippen LogP contribution in [0, 0.1) is 0 Å². The average Bonchev–Trinajstić information content (AvgIpc) is 3.19. The van der Waals surface area contributed by atoms with Crippen LogP contribution in [0.2, 0.25) is 0 Å². The maximum atomic E-state index is 12.1. The zero-order chi connectivity index (χ0) is 15.4. The van der Waals surface area contributed by atoms with Gasteiger partial charge in [-0.3, -0.25) is 9.69 Å². The van der Waals surface area contributed by atoms with Crippen LogP contribution < -0.4 is 5.32 Å². The van der Waals surface area contributed by atoms with E-state index < -0.39 is 0 Å². The van der Waals surface area contributed by atoms with E-state index in [4.69, 9.17) is 0 Å². The largest absolute Gasteiger partial charge is 0.352 e. The molecule has 0 radical (unpaired) electrons. The SMILES string of the molecule is CC(c1ccccc1)N1CCC(NC(=O)Cc2cccs2)C1. The Labute approximate surface area is 136 Å². The van der Waals surface area contributed by atoms with Crippen LogP contribution in [0.1, 0.15) is 29.8 Å². The molecule has 0 saturated carbocycles. The minimum absolute atomic E-state index is 0.140. The average molecular weight is 314 g/mol. The standard InChI is InChI=1S/C18H22N2OS/c1-14(15-6-3-2-4-7-15)20-10-9-16(13-20)19-18(21)12-17-8-5-11-22-17/h2-8,11,14,16H,9-10,12-13H2,1H3,(H,19,21). The van der Waals surface area contributed by atoms with Crippen molar-refractivity contribution >= 4 is 17.2 Å². The van der Waals surface area contributed by atoms with E-state index in [-0.39, 0.29) is 11.9 Å². The van der Waals surface area contributed by atoms with Crippen LogP contribution in [0.3, 0.4) is 0 Å². The molecule has 2 heterocycles. The summed E-state index contributed by atoms with van der Waals surface area (Å²) in [6.45, 7) is 4.22. The van der Waals surface area contributed by atoms with Crippen molar-refractivity contribution in [2.45, 2.75) is 31.8 Å². The number of likely N-dealkylation sites (tertiary alicyclic amines) is 1. The second kappa shape index (κ2) is 7.07. The van der Waals surface area contributed by atoms with Crippen molar-refractivity contribution in [2.75, 3.05) is 13.1 Å². The summed E-state index contributed by atoms with van der Waals surface area (Å²) in [5.74, 6) is 0.140. The molecule has 3 rings (SSSR count). The van der Waals surface area contributed by atoms with Gasteiger partial charge < -0.3 is 5.32 Å². The van der Waals surface area contributed by atoms with Gasteiger partial charge in [-0.25, -0.2) is 0 Å². The molecule has 2 unspecified atom stereocenters. The fourth-order valence-electron chi connectivity index (χ4n) is 3.05. The summed E-state index contributed by atoms with van der Waals surface area (Å²) in [5, 5.41) is 5.19. The van der Waals surface area contributed by atoms with E-state index in [9.17, 15) is 4.79 Å². The van der Waals surface area contributed by atoms with Gasteiger partial charge in [0.15, 0.2) is 0 Å². The van der Waals surface area contributed by atoms with E-state index in [0.717, 1.165) is 24.4 Å². The molecule has 2 atom stereocenters. The predicted molar refractivity (Wildman–Crippen MR) is 91.0 cm³/mol. The zero-order valence-corrected chi connectivity index (χ0v) is 13.7. The van der Waals surface area contributed by atoms with E-state index in [2.05, 4.69) is 41.4 Å². The van der Waals surface area contributed by atoms with Gasteiger partial charge in [0.1, 0.15) is 0 Å². The Morgan fingerprint density at radius 3 is 2.86 bits per heavy atom. The second-order valence-corrected chi connectivity index (χ2v) is 6.92. The normalized spacial score (nSPS) is 20.0. The number of amides is 1. The van der Waals surface area contributed by atoms with Crippen LogP contribution in [0.4, 0.5) is 0 Å². The van der Waals surface area contributed by atoms with Crippen LogP contribution in [-0.2, 0) is 11.2 Å².